The Morgan fingerprint density at radius 2 is 2.14 bits per heavy atom. The first kappa shape index (κ1) is 10.4. The van der Waals surface area contributed by atoms with Crippen LogP contribution in [0.25, 0.3) is 0 Å². The molecule has 0 radical (unpaired) electrons. The predicted octanol–water partition coefficient (Wildman–Crippen LogP) is 1.06. The van der Waals surface area contributed by atoms with E-state index in [1.165, 1.54) is 0 Å². The monoisotopic (exact) mass is 144 g/mol. The molecular formula is C5H10NiO. The molecule has 0 aliphatic heterocycles. The quantitative estimate of drug-likeness (QED) is 0.416. The van der Waals surface area contributed by atoms with Crippen molar-refractivity contribution in [2.24, 2.45) is 0 Å². The van der Waals surface area contributed by atoms with Crippen molar-refractivity contribution in [3.8, 4) is 0 Å². The van der Waals surface area contributed by atoms with Gasteiger partial charge in [-0.3, -0.25) is 0 Å². The summed E-state index contributed by atoms with van der Waals surface area (Å²) in [5.41, 5.74) is 0. The van der Waals surface area contributed by atoms with Crippen molar-refractivity contribution in [1.82, 2.24) is 0 Å². The van der Waals surface area contributed by atoms with Crippen LogP contribution in [0.4, 0.5) is 0 Å². The summed E-state index contributed by atoms with van der Waals surface area (Å²) in [6, 6.07) is 0. The number of hydrogen-bond acceptors (Lipinski definition) is 1. The van der Waals surface area contributed by atoms with Crippen molar-refractivity contribution < 1.29 is 21.2 Å². The summed E-state index contributed by atoms with van der Waals surface area (Å²) >= 11 is 0. The van der Waals surface area contributed by atoms with Gasteiger partial charge in [0.1, 0.15) is 0 Å². The summed E-state index contributed by atoms with van der Waals surface area (Å²) in [7, 11) is 1.63. The van der Waals surface area contributed by atoms with E-state index >= 15 is 0 Å². The van der Waals surface area contributed by atoms with Gasteiger partial charge in [0.15, 0.2) is 0 Å². The fraction of sp³-hybridized carbons (Fsp3) is 0.600. The van der Waals surface area contributed by atoms with Crippen molar-refractivity contribution >= 4 is 0 Å². The second kappa shape index (κ2) is 6.45. The zero-order valence-electron chi connectivity index (χ0n) is 4.42. The minimum Gasteiger partial charge on any atom is -0.416 e. The average molecular weight is 145 g/mol. The summed E-state index contributed by atoms with van der Waals surface area (Å²) in [6.07, 6.45) is 0.821. The molecule has 1 nitrogen and oxygen atoms in total. The summed E-state index contributed by atoms with van der Waals surface area (Å²) < 4.78 is 4.73. The van der Waals surface area contributed by atoms with Crippen LogP contribution in [0, 0.1) is 13.8 Å². The molecule has 0 aliphatic rings. The van der Waals surface area contributed by atoms with E-state index in [4.69, 9.17) is 4.74 Å². The van der Waals surface area contributed by atoms with Crippen molar-refractivity contribution in [1.29, 1.82) is 0 Å². The molecule has 7 heavy (non-hydrogen) atoms. The summed E-state index contributed by atoms with van der Waals surface area (Å²) in [5.74, 6) is 0. The molecule has 1 atom stereocenters. The van der Waals surface area contributed by atoms with Gasteiger partial charge in [0.25, 0.3) is 0 Å². The Labute approximate surface area is 55.4 Å². The Morgan fingerprint density at radius 3 is 2.14 bits per heavy atom. The molecule has 2 heteroatoms. The number of methoxy groups -OCH3 is 1. The maximum Gasteiger partial charge on any atom is 2.00 e. The molecule has 46 valence electrons. The van der Waals surface area contributed by atoms with Crippen LogP contribution in [0.2, 0.25) is 0 Å². The standard InChI is InChI=1S/C5H10O.Ni/c1-4-5(2)6-3;/h5H,1-2,4H2,3H3;/q-2;+2. The van der Waals surface area contributed by atoms with Crippen molar-refractivity contribution in [3.05, 3.63) is 13.8 Å². The van der Waals surface area contributed by atoms with Gasteiger partial charge >= 0.3 is 16.5 Å². The topological polar surface area (TPSA) is 9.23 Å². The zero-order chi connectivity index (χ0) is 4.99. The van der Waals surface area contributed by atoms with Crippen LogP contribution >= 0.6 is 0 Å². The Kier molecular flexibility index (Phi) is 9.62. The maximum atomic E-state index is 4.73. The molecule has 1 unspecified atom stereocenters. The fourth-order valence-corrected chi connectivity index (χ4v) is 0.118. The molecule has 0 saturated heterocycles. The van der Waals surface area contributed by atoms with E-state index in [2.05, 4.69) is 13.8 Å². The van der Waals surface area contributed by atoms with Crippen LogP contribution in [0.3, 0.4) is 0 Å². The van der Waals surface area contributed by atoms with Gasteiger partial charge in [-0.1, -0.05) is 6.10 Å². The van der Waals surface area contributed by atoms with Crippen LogP contribution in [-0.4, -0.2) is 13.2 Å². The van der Waals surface area contributed by atoms with Crippen LogP contribution in [0.1, 0.15) is 6.42 Å². The average Bonchev–Trinajstić information content (AvgIpc) is 1.65. The Morgan fingerprint density at radius 1 is 1.71 bits per heavy atom. The molecule has 0 N–H and O–H groups in total. The third-order valence-electron chi connectivity index (χ3n) is 0.655. The van der Waals surface area contributed by atoms with E-state index in [-0.39, 0.29) is 22.6 Å². The van der Waals surface area contributed by atoms with Gasteiger partial charge in [-0.25, -0.2) is 0 Å². The van der Waals surface area contributed by atoms with Crippen LogP contribution < -0.4 is 0 Å². The minimum atomic E-state index is 0. The van der Waals surface area contributed by atoms with Gasteiger partial charge < -0.3 is 18.6 Å². The largest absolute Gasteiger partial charge is 2.00 e. The Hall–Kier alpha value is 0.454. The smallest absolute Gasteiger partial charge is 0.416 e. The van der Waals surface area contributed by atoms with E-state index < -0.39 is 0 Å². The molecule has 0 amide bonds. The first-order chi connectivity index (χ1) is 2.81. The van der Waals surface area contributed by atoms with E-state index in [1.807, 2.05) is 0 Å². The second-order valence-corrected chi connectivity index (χ2v) is 1.15. The molecule has 0 aromatic rings. The van der Waals surface area contributed by atoms with E-state index in [1.54, 1.807) is 7.11 Å². The Balaban J connectivity index is 0. The van der Waals surface area contributed by atoms with Gasteiger partial charge in [0, 0.05) is 7.11 Å². The molecule has 0 fully saturated rings. The molecule has 0 rings (SSSR count). The maximum absolute atomic E-state index is 4.73. The predicted molar refractivity (Wildman–Crippen MR) is 26.1 cm³/mol. The second-order valence-electron chi connectivity index (χ2n) is 1.15. The fourth-order valence-electron chi connectivity index (χ4n) is 0.118. The van der Waals surface area contributed by atoms with E-state index in [9.17, 15) is 0 Å². The first-order valence-corrected chi connectivity index (χ1v) is 1.96. The summed E-state index contributed by atoms with van der Waals surface area (Å²) in [4.78, 5) is 0. The minimum absolute atomic E-state index is 0. The van der Waals surface area contributed by atoms with Crippen LogP contribution in [-0.2, 0) is 21.2 Å². The van der Waals surface area contributed by atoms with Gasteiger partial charge in [-0.15, -0.1) is 0 Å². The van der Waals surface area contributed by atoms with Gasteiger partial charge in [-0.2, -0.15) is 6.42 Å². The summed E-state index contributed by atoms with van der Waals surface area (Å²) in [5, 5.41) is 0. The summed E-state index contributed by atoms with van der Waals surface area (Å²) in [6.45, 7) is 7.16. The van der Waals surface area contributed by atoms with Crippen molar-refractivity contribution in [3.63, 3.8) is 0 Å². The number of rotatable bonds is 2. The molecular weight excluding hydrogens is 135 g/mol. The van der Waals surface area contributed by atoms with E-state index in [0.29, 0.717) is 0 Å². The zero-order valence-corrected chi connectivity index (χ0v) is 5.41. The van der Waals surface area contributed by atoms with Gasteiger partial charge in [0.2, 0.25) is 0 Å². The third kappa shape index (κ3) is 6.45. The molecule has 0 aromatic heterocycles. The first-order valence-electron chi connectivity index (χ1n) is 1.96. The third-order valence-corrected chi connectivity index (χ3v) is 0.655. The molecule has 0 bridgehead atoms. The van der Waals surface area contributed by atoms with Crippen molar-refractivity contribution in [2.45, 2.75) is 12.5 Å². The van der Waals surface area contributed by atoms with Crippen LogP contribution in [0.5, 0.6) is 0 Å². The Bertz CT molecular complexity index is 27.3. The number of ether oxygens (including phenoxy) is 1. The van der Waals surface area contributed by atoms with Gasteiger partial charge in [0.05, 0.1) is 0 Å². The molecule has 0 saturated carbocycles. The van der Waals surface area contributed by atoms with Gasteiger partial charge in [-0.05, 0) is 0 Å². The molecule has 0 aromatic carbocycles. The van der Waals surface area contributed by atoms with Crippen molar-refractivity contribution in [2.75, 3.05) is 7.11 Å². The van der Waals surface area contributed by atoms with E-state index in [0.717, 1.165) is 6.42 Å². The molecule has 0 heterocycles. The molecule has 0 spiro atoms. The normalized spacial score (nSPS) is 12.4. The van der Waals surface area contributed by atoms with Crippen LogP contribution in [0.15, 0.2) is 0 Å². The molecule has 0 aliphatic carbocycles. The number of hydrogen-bond donors (Lipinski definition) is 0. The SMILES string of the molecule is [CH2-]CC([CH2-])OC.[Ni+2].